The van der Waals surface area contributed by atoms with Crippen LogP contribution in [0.25, 0.3) is 0 Å². The molecule has 5 heteroatoms. The number of amides is 1. The topological polar surface area (TPSA) is 50.2 Å². The highest BCUT2D eigenvalue weighted by atomic mass is 16.1. The highest BCUT2D eigenvalue weighted by Crippen LogP contribution is 2.25. The minimum absolute atomic E-state index is 0.00227. The van der Waals surface area contributed by atoms with E-state index in [9.17, 15) is 4.79 Å². The Morgan fingerprint density at radius 3 is 2.54 bits per heavy atom. The van der Waals surface area contributed by atoms with Gasteiger partial charge in [-0.05, 0) is 69.7 Å². The van der Waals surface area contributed by atoms with Gasteiger partial charge in [0.25, 0.3) is 5.91 Å². The third-order valence-corrected chi connectivity index (χ3v) is 5.49. The number of nitrogens with zero attached hydrogens (tertiary/aromatic N) is 3. The van der Waals surface area contributed by atoms with E-state index >= 15 is 0 Å². The average Bonchev–Trinajstić information content (AvgIpc) is 2.88. The Labute approximate surface area is 156 Å². The van der Waals surface area contributed by atoms with E-state index in [1.54, 1.807) is 0 Å². The summed E-state index contributed by atoms with van der Waals surface area (Å²) in [6.07, 6.45) is 4.59. The number of piperidine rings is 1. The SMILES string of the molecule is Cc1ccc(C(=O)NCCc2c(C)nn(C)c2C)cc1N1CCCCC1. The number of nitrogens with one attached hydrogen (secondary N) is 1. The summed E-state index contributed by atoms with van der Waals surface area (Å²) in [6.45, 7) is 9.02. The van der Waals surface area contributed by atoms with Gasteiger partial charge >= 0.3 is 0 Å². The molecular weight excluding hydrogens is 324 g/mol. The molecule has 2 aromatic rings. The molecule has 140 valence electrons. The molecule has 3 rings (SSSR count). The van der Waals surface area contributed by atoms with E-state index in [2.05, 4.69) is 41.3 Å². The van der Waals surface area contributed by atoms with Crippen molar-refractivity contribution in [2.75, 3.05) is 24.5 Å². The minimum Gasteiger partial charge on any atom is -0.371 e. The second-order valence-electron chi connectivity index (χ2n) is 7.33. The monoisotopic (exact) mass is 354 g/mol. The van der Waals surface area contributed by atoms with Crippen molar-refractivity contribution in [1.82, 2.24) is 15.1 Å². The number of benzene rings is 1. The first kappa shape index (κ1) is 18.5. The summed E-state index contributed by atoms with van der Waals surface area (Å²) in [7, 11) is 1.96. The zero-order valence-electron chi connectivity index (χ0n) is 16.4. The summed E-state index contributed by atoms with van der Waals surface area (Å²) < 4.78 is 1.90. The van der Waals surface area contributed by atoms with Gasteiger partial charge in [0.1, 0.15) is 0 Å². The molecule has 1 fully saturated rings. The van der Waals surface area contributed by atoms with Crippen LogP contribution in [0.15, 0.2) is 18.2 Å². The van der Waals surface area contributed by atoms with Crippen LogP contribution in [-0.2, 0) is 13.5 Å². The van der Waals surface area contributed by atoms with Gasteiger partial charge in [0, 0.05) is 43.6 Å². The second kappa shape index (κ2) is 7.94. The van der Waals surface area contributed by atoms with Crippen LogP contribution in [0.4, 0.5) is 5.69 Å². The Bertz CT molecular complexity index is 788. The van der Waals surface area contributed by atoms with Crippen molar-refractivity contribution in [3.8, 4) is 0 Å². The summed E-state index contributed by atoms with van der Waals surface area (Å²) >= 11 is 0. The summed E-state index contributed by atoms with van der Waals surface area (Å²) in [6, 6.07) is 6.05. The molecule has 1 amide bonds. The molecule has 1 saturated heterocycles. The molecule has 0 aliphatic carbocycles. The fourth-order valence-electron chi connectivity index (χ4n) is 3.81. The fourth-order valence-corrected chi connectivity index (χ4v) is 3.81. The van der Waals surface area contributed by atoms with Gasteiger partial charge in [0.05, 0.1) is 5.69 Å². The molecular formula is C21H30N4O. The van der Waals surface area contributed by atoms with Crippen LogP contribution in [0.5, 0.6) is 0 Å². The van der Waals surface area contributed by atoms with Crippen molar-refractivity contribution in [2.45, 2.75) is 46.5 Å². The Morgan fingerprint density at radius 1 is 1.15 bits per heavy atom. The lowest BCUT2D eigenvalue weighted by Gasteiger charge is -2.30. The number of rotatable bonds is 5. The van der Waals surface area contributed by atoms with E-state index in [4.69, 9.17) is 0 Å². The predicted molar refractivity (Wildman–Crippen MR) is 106 cm³/mol. The average molecular weight is 354 g/mol. The predicted octanol–water partition coefficient (Wildman–Crippen LogP) is 3.31. The second-order valence-corrected chi connectivity index (χ2v) is 7.33. The normalized spacial score (nSPS) is 14.5. The zero-order valence-corrected chi connectivity index (χ0v) is 16.4. The molecule has 0 bridgehead atoms. The molecule has 1 N–H and O–H groups in total. The molecule has 1 aliphatic heterocycles. The minimum atomic E-state index is 0.00227. The molecule has 0 atom stereocenters. The van der Waals surface area contributed by atoms with Gasteiger partial charge in [0.15, 0.2) is 0 Å². The van der Waals surface area contributed by atoms with Crippen LogP contribution in [0.1, 0.15) is 52.1 Å². The van der Waals surface area contributed by atoms with E-state index in [0.717, 1.165) is 30.8 Å². The summed E-state index contributed by atoms with van der Waals surface area (Å²) in [5, 5.41) is 7.50. The number of hydrogen-bond donors (Lipinski definition) is 1. The van der Waals surface area contributed by atoms with E-state index in [0.29, 0.717) is 6.54 Å². The number of carbonyl (C=O) groups excluding carboxylic acids is 1. The van der Waals surface area contributed by atoms with Crippen molar-refractivity contribution in [3.63, 3.8) is 0 Å². The maximum atomic E-state index is 12.6. The van der Waals surface area contributed by atoms with Crippen LogP contribution in [0.3, 0.4) is 0 Å². The first-order valence-electron chi connectivity index (χ1n) is 9.60. The number of anilines is 1. The maximum Gasteiger partial charge on any atom is 0.251 e. The lowest BCUT2D eigenvalue weighted by molar-refractivity contribution is 0.0954. The molecule has 0 spiro atoms. The van der Waals surface area contributed by atoms with Gasteiger partial charge in [-0.15, -0.1) is 0 Å². The third-order valence-electron chi connectivity index (χ3n) is 5.49. The molecule has 5 nitrogen and oxygen atoms in total. The number of aromatic nitrogens is 2. The molecule has 0 saturated carbocycles. The highest BCUT2D eigenvalue weighted by Gasteiger charge is 2.16. The molecule has 26 heavy (non-hydrogen) atoms. The Balaban J connectivity index is 1.64. The molecule has 0 unspecified atom stereocenters. The lowest BCUT2D eigenvalue weighted by atomic mass is 10.0. The molecule has 1 aliphatic rings. The van der Waals surface area contributed by atoms with Gasteiger partial charge in [0.2, 0.25) is 0 Å². The fraction of sp³-hybridized carbons (Fsp3) is 0.524. The molecule has 0 radical (unpaired) electrons. The standard InChI is InChI=1S/C21H30N4O/c1-15-8-9-18(14-20(15)25-12-6-5-7-13-25)21(26)22-11-10-19-16(2)23-24(4)17(19)3/h8-9,14H,5-7,10-13H2,1-4H3,(H,22,26). The maximum absolute atomic E-state index is 12.6. The van der Waals surface area contributed by atoms with Gasteiger partial charge in [-0.2, -0.15) is 5.10 Å². The van der Waals surface area contributed by atoms with Gasteiger partial charge < -0.3 is 10.2 Å². The van der Waals surface area contributed by atoms with E-state index in [1.165, 1.54) is 41.8 Å². The van der Waals surface area contributed by atoms with Crippen molar-refractivity contribution < 1.29 is 4.79 Å². The smallest absolute Gasteiger partial charge is 0.251 e. The Morgan fingerprint density at radius 2 is 1.88 bits per heavy atom. The molecule has 1 aromatic heterocycles. The van der Waals surface area contributed by atoms with Crippen LogP contribution < -0.4 is 10.2 Å². The van der Waals surface area contributed by atoms with Gasteiger partial charge in [-0.25, -0.2) is 0 Å². The van der Waals surface area contributed by atoms with Gasteiger partial charge in [-0.3, -0.25) is 9.48 Å². The van der Waals surface area contributed by atoms with Crippen LogP contribution in [0.2, 0.25) is 0 Å². The molecule has 1 aromatic carbocycles. The zero-order chi connectivity index (χ0) is 18.7. The summed E-state index contributed by atoms with van der Waals surface area (Å²) in [4.78, 5) is 15.0. The summed E-state index contributed by atoms with van der Waals surface area (Å²) in [5.74, 6) is 0.00227. The number of carbonyl (C=O) groups is 1. The first-order chi connectivity index (χ1) is 12.5. The Hall–Kier alpha value is -2.30. The van der Waals surface area contributed by atoms with Crippen LogP contribution in [-0.4, -0.2) is 35.3 Å². The van der Waals surface area contributed by atoms with E-state index in [1.807, 2.05) is 24.7 Å². The van der Waals surface area contributed by atoms with E-state index in [-0.39, 0.29) is 5.91 Å². The number of hydrogen-bond acceptors (Lipinski definition) is 3. The van der Waals surface area contributed by atoms with Crippen molar-refractivity contribution >= 4 is 11.6 Å². The largest absolute Gasteiger partial charge is 0.371 e. The quantitative estimate of drug-likeness (QED) is 0.896. The first-order valence-corrected chi connectivity index (χ1v) is 9.60. The van der Waals surface area contributed by atoms with Crippen molar-refractivity contribution in [2.24, 2.45) is 7.05 Å². The van der Waals surface area contributed by atoms with Crippen LogP contribution >= 0.6 is 0 Å². The number of aryl methyl sites for hydroxylation is 3. The van der Waals surface area contributed by atoms with Crippen molar-refractivity contribution in [1.29, 1.82) is 0 Å². The van der Waals surface area contributed by atoms with Gasteiger partial charge in [-0.1, -0.05) is 6.07 Å². The van der Waals surface area contributed by atoms with E-state index < -0.39 is 0 Å². The third kappa shape index (κ3) is 3.92. The molecule has 2 heterocycles. The van der Waals surface area contributed by atoms with Crippen LogP contribution in [0, 0.1) is 20.8 Å². The van der Waals surface area contributed by atoms with Crippen molar-refractivity contribution in [3.05, 3.63) is 46.3 Å². The lowest BCUT2D eigenvalue weighted by Crippen LogP contribution is -2.31. The Kier molecular flexibility index (Phi) is 5.64. The highest BCUT2D eigenvalue weighted by molar-refractivity contribution is 5.95. The summed E-state index contributed by atoms with van der Waals surface area (Å²) in [5.41, 5.74) is 6.63.